The lowest BCUT2D eigenvalue weighted by Crippen LogP contribution is -2.33. The molecular weight excluding hydrogens is 263 g/mol. The van der Waals surface area contributed by atoms with Crippen LogP contribution in [0.2, 0.25) is 0 Å². The van der Waals surface area contributed by atoms with Gasteiger partial charge in [0.1, 0.15) is 6.10 Å². The van der Waals surface area contributed by atoms with Crippen molar-refractivity contribution in [1.82, 2.24) is 10.3 Å². The van der Waals surface area contributed by atoms with Crippen LogP contribution in [0.3, 0.4) is 0 Å². The van der Waals surface area contributed by atoms with E-state index in [-0.39, 0.29) is 18.9 Å². The number of hydrogen-bond acceptors (Lipinski definition) is 3. The summed E-state index contributed by atoms with van der Waals surface area (Å²) in [4.78, 5) is 19.1. The summed E-state index contributed by atoms with van der Waals surface area (Å²) in [5.41, 5.74) is 0.261. The van der Waals surface area contributed by atoms with E-state index in [1.807, 2.05) is 0 Å². The summed E-state index contributed by atoms with van der Waals surface area (Å²) in [5.74, 6) is -0.359. The van der Waals surface area contributed by atoms with Crippen LogP contribution in [0.5, 0.6) is 0 Å². The predicted molar refractivity (Wildman–Crippen MR) is 60.8 cm³/mol. The van der Waals surface area contributed by atoms with Gasteiger partial charge >= 0.3 is 6.18 Å². The number of carbonyl (C=O) groups excluding carboxylic acids is 1. The van der Waals surface area contributed by atoms with Crippen molar-refractivity contribution >= 4 is 11.6 Å². The van der Waals surface area contributed by atoms with Gasteiger partial charge in [0.2, 0.25) is 0 Å². The average Bonchev–Trinajstić information content (AvgIpc) is 2.93. The molecule has 1 atom stereocenters. The maximum Gasteiger partial charge on any atom is 0.432 e. The molecule has 2 heterocycles. The van der Waals surface area contributed by atoms with Gasteiger partial charge in [-0.1, -0.05) is 5.16 Å². The first-order valence-corrected chi connectivity index (χ1v) is 5.59. The molecule has 0 aliphatic carbocycles. The molecule has 8 heteroatoms. The van der Waals surface area contributed by atoms with E-state index < -0.39 is 18.0 Å². The molecule has 19 heavy (non-hydrogen) atoms. The number of H-pyrrole nitrogens is 1. The third-order valence-electron chi connectivity index (χ3n) is 2.75. The number of carbonyl (C=O) groups is 1. The van der Waals surface area contributed by atoms with Gasteiger partial charge in [-0.05, 0) is 12.5 Å². The van der Waals surface area contributed by atoms with E-state index in [1.54, 1.807) is 13.1 Å². The minimum Gasteiger partial charge on any atom is -0.390 e. The van der Waals surface area contributed by atoms with Gasteiger partial charge in [-0.2, -0.15) is 13.2 Å². The van der Waals surface area contributed by atoms with Crippen molar-refractivity contribution in [2.45, 2.75) is 25.6 Å². The van der Waals surface area contributed by atoms with E-state index in [9.17, 15) is 18.0 Å². The standard InChI is InChI=1S/C11H12F3N3O2/c1-6-3-15-5-8(6)10(18)16-4-7-2-9(17-19-7)11(12,13)14/h3,5,7,15H,2,4H2,1H3,(H,16,18). The second-order valence-corrected chi connectivity index (χ2v) is 4.23. The zero-order valence-electron chi connectivity index (χ0n) is 10.0. The van der Waals surface area contributed by atoms with Gasteiger partial charge in [0.25, 0.3) is 5.91 Å². The fourth-order valence-corrected chi connectivity index (χ4v) is 1.69. The smallest absolute Gasteiger partial charge is 0.390 e. The van der Waals surface area contributed by atoms with Gasteiger partial charge in [0.05, 0.1) is 12.1 Å². The number of aryl methyl sites for hydroxylation is 1. The number of aromatic amines is 1. The number of amides is 1. The number of nitrogens with one attached hydrogen (secondary N) is 2. The molecule has 104 valence electrons. The number of aromatic nitrogens is 1. The molecule has 1 amide bonds. The van der Waals surface area contributed by atoms with Crippen molar-refractivity contribution in [1.29, 1.82) is 0 Å². The molecule has 1 unspecified atom stereocenters. The summed E-state index contributed by atoms with van der Waals surface area (Å²) in [6.45, 7) is 1.73. The van der Waals surface area contributed by atoms with E-state index in [2.05, 4.69) is 20.3 Å². The van der Waals surface area contributed by atoms with Crippen LogP contribution in [0, 0.1) is 6.92 Å². The quantitative estimate of drug-likeness (QED) is 0.882. The molecule has 0 saturated heterocycles. The van der Waals surface area contributed by atoms with Gasteiger partial charge in [0.15, 0.2) is 5.71 Å². The van der Waals surface area contributed by atoms with Crippen LogP contribution in [0.25, 0.3) is 0 Å². The van der Waals surface area contributed by atoms with Crippen LogP contribution in [-0.4, -0.2) is 35.4 Å². The van der Waals surface area contributed by atoms with Crippen molar-refractivity contribution in [3.63, 3.8) is 0 Å². The van der Waals surface area contributed by atoms with Crippen molar-refractivity contribution in [3.05, 3.63) is 23.5 Å². The number of oxime groups is 1. The molecule has 1 aliphatic heterocycles. The largest absolute Gasteiger partial charge is 0.432 e. The number of halogens is 3. The number of rotatable bonds is 3. The Labute approximate surface area is 106 Å². The van der Waals surface area contributed by atoms with Crippen LogP contribution in [0.1, 0.15) is 22.3 Å². The van der Waals surface area contributed by atoms with Gasteiger partial charge in [0, 0.05) is 18.8 Å². The highest BCUT2D eigenvalue weighted by molar-refractivity contribution is 5.95. The molecule has 2 N–H and O–H groups in total. The molecule has 5 nitrogen and oxygen atoms in total. The summed E-state index contributed by atoms with van der Waals surface area (Å²) in [6.07, 6.45) is -2.42. The molecule has 0 spiro atoms. The Balaban J connectivity index is 1.83. The Bertz CT molecular complexity index is 508. The molecular formula is C11H12F3N3O2. The van der Waals surface area contributed by atoms with Crippen LogP contribution < -0.4 is 5.32 Å². The zero-order chi connectivity index (χ0) is 14.0. The molecule has 0 fully saturated rings. The van der Waals surface area contributed by atoms with Crippen LogP contribution >= 0.6 is 0 Å². The first-order valence-electron chi connectivity index (χ1n) is 5.59. The predicted octanol–water partition coefficient (Wildman–Crippen LogP) is 1.76. The number of alkyl halides is 3. The molecule has 0 bridgehead atoms. The highest BCUT2D eigenvalue weighted by Crippen LogP contribution is 2.25. The molecule has 0 aromatic carbocycles. The lowest BCUT2D eigenvalue weighted by atomic mass is 10.1. The fraction of sp³-hybridized carbons (Fsp3) is 0.455. The summed E-state index contributed by atoms with van der Waals surface area (Å²) < 4.78 is 36.9. The molecule has 0 radical (unpaired) electrons. The fourth-order valence-electron chi connectivity index (χ4n) is 1.69. The summed E-state index contributed by atoms with van der Waals surface area (Å²) in [5, 5.41) is 5.50. The van der Waals surface area contributed by atoms with E-state index in [1.165, 1.54) is 6.20 Å². The maximum absolute atomic E-state index is 12.3. The normalized spacial score (nSPS) is 18.9. The molecule has 1 aromatic heterocycles. The number of hydrogen-bond donors (Lipinski definition) is 2. The zero-order valence-corrected chi connectivity index (χ0v) is 10.0. The van der Waals surface area contributed by atoms with E-state index >= 15 is 0 Å². The Hall–Kier alpha value is -1.99. The van der Waals surface area contributed by atoms with Crippen LogP contribution in [0.4, 0.5) is 13.2 Å². The Kier molecular flexibility index (Phi) is 3.50. The van der Waals surface area contributed by atoms with Crippen molar-refractivity contribution in [3.8, 4) is 0 Å². The molecule has 1 aliphatic rings. The second kappa shape index (κ2) is 4.94. The van der Waals surface area contributed by atoms with E-state index in [0.717, 1.165) is 5.56 Å². The first-order chi connectivity index (χ1) is 8.88. The highest BCUT2D eigenvalue weighted by atomic mass is 19.4. The first kappa shape index (κ1) is 13.4. The minimum atomic E-state index is -4.48. The van der Waals surface area contributed by atoms with Gasteiger partial charge < -0.3 is 15.1 Å². The second-order valence-electron chi connectivity index (χ2n) is 4.23. The monoisotopic (exact) mass is 275 g/mol. The third kappa shape index (κ3) is 3.07. The topological polar surface area (TPSA) is 66.5 Å². The molecule has 1 aromatic rings. The van der Waals surface area contributed by atoms with Crippen molar-refractivity contribution in [2.75, 3.05) is 6.54 Å². The highest BCUT2D eigenvalue weighted by Gasteiger charge is 2.41. The summed E-state index contributed by atoms with van der Waals surface area (Å²) in [7, 11) is 0. The lowest BCUT2D eigenvalue weighted by Gasteiger charge is -2.10. The Morgan fingerprint density at radius 1 is 1.58 bits per heavy atom. The van der Waals surface area contributed by atoms with Gasteiger partial charge in [-0.25, -0.2) is 0 Å². The lowest BCUT2D eigenvalue weighted by molar-refractivity contribution is -0.0604. The third-order valence-corrected chi connectivity index (χ3v) is 2.75. The minimum absolute atomic E-state index is 0.0213. The van der Waals surface area contributed by atoms with Gasteiger partial charge in [-0.3, -0.25) is 4.79 Å². The SMILES string of the molecule is Cc1c[nH]cc1C(=O)NCC1CC(C(F)(F)F)=NO1. The summed E-state index contributed by atoms with van der Waals surface area (Å²) in [6, 6.07) is 0. The number of nitrogens with zero attached hydrogens (tertiary/aromatic N) is 1. The van der Waals surface area contributed by atoms with E-state index in [0.29, 0.717) is 5.56 Å². The molecule has 0 saturated carbocycles. The Morgan fingerprint density at radius 2 is 2.32 bits per heavy atom. The Morgan fingerprint density at radius 3 is 2.84 bits per heavy atom. The van der Waals surface area contributed by atoms with E-state index in [4.69, 9.17) is 0 Å². The average molecular weight is 275 g/mol. The van der Waals surface area contributed by atoms with Crippen LogP contribution in [0.15, 0.2) is 17.5 Å². The van der Waals surface area contributed by atoms with Gasteiger partial charge in [-0.15, -0.1) is 0 Å². The maximum atomic E-state index is 12.3. The molecule has 2 rings (SSSR count). The van der Waals surface area contributed by atoms with Crippen molar-refractivity contribution < 1.29 is 22.8 Å². The summed E-state index contributed by atoms with van der Waals surface area (Å²) >= 11 is 0. The van der Waals surface area contributed by atoms with Crippen LogP contribution in [-0.2, 0) is 4.84 Å². The van der Waals surface area contributed by atoms with Crippen molar-refractivity contribution in [2.24, 2.45) is 5.16 Å².